The van der Waals surface area contributed by atoms with Crippen LogP contribution in [0, 0.1) is 5.41 Å². The van der Waals surface area contributed by atoms with Crippen LogP contribution in [0.2, 0.25) is 0 Å². The topological polar surface area (TPSA) is 102 Å². The number of carbonyl (C=O) groups is 2. The SMILES string of the molecule is CCCC[C@H](N)C(=O)NC1COCC1(C)C(=O)O. The van der Waals surface area contributed by atoms with Gasteiger partial charge in [0, 0.05) is 0 Å². The molecule has 2 unspecified atom stereocenters. The van der Waals surface area contributed by atoms with Crippen molar-refractivity contribution in [2.24, 2.45) is 11.1 Å². The highest BCUT2D eigenvalue weighted by Gasteiger charge is 2.47. The molecule has 1 fully saturated rings. The lowest BCUT2D eigenvalue weighted by molar-refractivity contribution is -0.149. The van der Waals surface area contributed by atoms with Crippen LogP contribution < -0.4 is 11.1 Å². The molecule has 0 spiro atoms. The average molecular weight is 258 g/mol. The number of amides is 1. The number of nitrogens with one attached hydrogen (secondary N) is 1. The van der Waals surface area contributed by atoms with Gasteiger partial charge in [0.25, 0.3) is 0 Å². The van der Waals surface area contributed by atoms with Gasteiger partial charge in [0.2, 0.25) is 5.91 Å². The lowest BCUT2D eigenvalue weighted by Crippen LogP contribution is -2.53. The second kappa shape index (κ2) is 6.15. The first-order chi connectivity index (χ1) is 8.41. The Labute approximate surface area is 107 Å². The molecule has 104 valence electrons. The summed E-state index contributed by atoms with van der Waals surface area (Å²) in [6.45, 7) is 3.92. The summed E-state index contributed by atoms with van der Waals surface area (Å²) in [6, 6.07) is -1.10. The standard InChI is InChI=1S/C12H22N2O4/c1-3-4-5-8(13)10(15)14-9-6-18-7-12(9,2)11(16)17/h8-9H,3-7,13H2,1-2H3,(H,14,15)(H,16,17)/t8-,9?,12?/m0/s1. The van der Waals surface area contributed by atoms with Gasteiger partial charge in [-0.15, -0.1) is 0 Å². The van der Waals surface area contributed by atoms with E-state index in [-0.39, 0.29) is 19.1 Å². The van der Waals surface area contributed by atoms with Crippen LogP contribution >= 0.6 is 0 Å². The predicted octanol–water partition coefficient (Wildman–Crippen LogP) is 0.110. The molecule has 6 nitrogen and oxygen atoms in total. The monoisotopic (exact) mass is 258 g/mol. The average Bonchev–Trinajstić information content (AvgIpc) is 2.69. The fraction of sp³-hybridized carbons (Fsp3) is 0.833. The lowest BCUT2D eigenvalue weighted by atomic mass is 9.85. The van der Waals surface area contributed by atoms with Crippen molar-refractivity contribution in [3.8, 4) is 0 Å². The van der Waals surface area contributed by atoms with E-state index >= 15 is 0 Å². The van der Waals surface area contributed by atoms with Crippen molar-refractivity contribution in [2.75, 3.05) is 13.2 Å². The molecule has 18 heavy (non-hydrogen) atoms. The molecule has 1 amide bonds. The Balaban J connectivity index is 2.56. The van der Waals surface area contributed by atoms with Crippen molar-refractivity contribution < 1.29 is 19.4 Å². The second-order valence-corrected chi connectivity index (χ2v) is 5.05. The third-order valence-corrected chi connectivity index (χ3v) is 3.47. The normalized spacial score (nSPS) is 28.9. The zero-order chi connectivity index (χ0) is 13.8. The van der Waals surface area contributed by atoms with E-state index in [0.717, 1.165) is 12.8 Å². The fourth-order valence-corrected chi connectivity index (χ4v) is 1.92. The number of nitrogens with two attached hydrogens (primary N) is 1. The highest BCUT2D eigenvalue weighted by Crippen LogP contribution is 2.28. The maximum atomic E-state index is 11.8. The Morgan fingerprint density at radius 2 is 2.28 bits per heavy atom. The minimum Gasteiger partial charge on any atom is -0.481 e. The van der Waals surface area contributed by atoms with Crippen molar-refractivity contribution in [3.05, 3.63) is 0 Å². The Bertz CT molecular complexity index is 321. The summed E-state index contributed by atoms with van der Waals surface area (Å²) < 4.78 is 5.16. The van der Waals surface area contributed by atoms with Crippen LogP contribution in [-0.4, -0.2) is 42.3 Å². The van der Waals surface area contributed by atoms with E-state index in [1.54, 1.807) is 6.92 Å². The molecule has 0 aliphatic carbocycles. The zero-order valence-electron chi connectivity index (χ0n) is 10.9. The molecule has 0 radical (unpaired) electrons. The number of carbonyl (C=O) groups excluding carboxylic acids is 1. The molecule has 0 aromatic carbocycles. The number of carboxylic acid groups (broad SMARTS) is 1. The van der Waals surface area contributed by atoms with E-state index in [4.69, 9.17) is 10.5 Å². The van der Waals surface area contributed by atoms with E-state index < -0.39 is 23.5 Å². The lowest BCUT2D eigenvalue weighted by Gasteiger charge is -2.26. The summed E-state index contributed by atoms with van der Waals surface area (Å²) in [6.07, 6.45) is 2.46. The van der Waals surface area contributed by atoms with Gasteiger partial charge in [-0.25, -0.2) is 0 Å². The molecule has 0 aromatic heterocycles. The second-order valence-electron chi connectivity index (χ2n) is 5.05. The number of carboxylic acids is 1. The smallest absolute Gasteiger partial charge is 0.313 e. The molecule has 1 aliphatic heterocycles. The van der Waals surface area contributed by atoms with Crippen LogP contribution in [0.4, 0.5) is 0 Å². The summed E-state index contributed by atoms with van der Waals surface area (Å²) in [4.78, 5) is 23.0. The van der Waals surface area contributed by atoms with Crippen LogP contribution in [0.25, 0.3) is 0 Å². The third kappa shape index (κ3) is 3.20. The van der Waals surface area contributed by atoms with Gasteiger partial charge in [-0.2, -0.15) is 0 Å². The maximum absolute atomic E-state index is 11.8. The number of unbranched alkanes of at least 4 members (excludes halogenated alkanes) is 1. The van der Waals surface area contributed by atoms with Crippen LogP contribution in [-0.2, 0) is 14.3 Å². The van der Waals surface area contributed by atoms with Crippen LogP contribution in [0.3, 0.4) is 0 Å². The zero-order valence-corrected chi connectivity index (χ0v) is 10.9. The molecular weight excluding hydrogens is 236 g/mol. The molecule has 0 bridgehead atoms. The first-order valence-corrected chi connectivity index (χ1v) is 6.29. The molecule has 3 atom stereocenters. The minimum absolute atomic E-state index is 0.109. The van der Waals surface area contributed by atoms with E-state index in [2.05, 4.69) is 5.32 Å². The summed E-state index contributed by atoms with van der Waals surface area (Å²) in [5.41, 5.74) is 4.68. The van der Waals surface area contributed by atoms with Gasteiger partial charge in [-0.3, -0.25) is 9.59 Å². The third-order valence-electron chi connectivity index (χ3n) is 3.47. The first-order valence-electron chi connectivity index (χ1n) is 6.29. The van der Waals surface area contributed by atoms with Gasteiger partial charge in [-0.1, -0.05) is 19.8 Å². The van der Waals surface area contributed by atoms with Crippen molar-refractivity contribution in [1.29, 1.82) is 0 Å². The van der Waals surface area contributed by atoms with Gasteiger partial charge in [0.1, 0.15) is 5.41 Å². The summed E-state index contributed by atoms with van der Waals surface area (Å²) in [7, 11) is 0. The summed E-state index contributed by atoms with van der Waals surface area (Å²) in [5.74, 6) is -1.26. The van der Waals surface area contributed by atoms with Crippen molar-refractivity contribution >= 4 is 11.9 Å². The first kappa shape index (κ1) is 14.9. The van der Waals surface area contributed by atoms with Gasteiger partial charge in [0.05, 0.1) is 25.3 Å². The van der Waals surface area contributed by atoms with Crippen LogP contribution in [0.15, 0.2) is 0 Å². The molecule has 0 saturated carbocycles. The highest BCUT2D eigenvalue weighted by atomic mass is 16.5. The molecule has 0 aromatic rings. The molecule has 1 saturated heterocycles. The van der Waals surface area contributed by atoms with Gasteiger partial charge < -0.3 is 20.9 Å². The number of ether oxygens (including phenoxy) is 1. The molecule has 6 heteroatoms. The maximum Gasteiger partial charge on any atom is 0.313 e. The number of rotatable bonds is 6. The van der Waals surface area contributed by atoms with Gasteiger partial charge >= 0.3 is 5.97 Å². The van der Waals surface area contributed by atoms with Crippen LogP contribution in [0.5, 0.6) is 0 Å². The highest BCUT2D eigenvalue weighted by molar-refractivity contribution is 5.83. The largest absolute Gasteiger partial charge is 0.481 e. The molecule has 1 aliphatic rings. The Hall–Kier alpha value is -1.14. The van der Waals surface area contributed by atoms with Crippen LogP contribution in [0.1, 0.15) is 33.1 Å². The van der Waals surface area contributed by atoms with Gasteiger partial charge in [0.15, 0.2) is 0 Å². The Morgan fingerprint density at radius 3 is 2.83 bits per heavy atom. The number of hydrogen-bond acceptors (Lipinski definition) is 4. The van der Waals surface area contributed by atoms with E-state index in [9.17, 15) is 14.7 Å². The molecular formula is C12H22N2O4. The Morgan fingerprint density at radius 1 is 1.61 bits per heavy atom. The van der Waals surface area contributed by atoms with E-state index in [0.29, 0.717) is 6.42 Å². The minimum atomic E-state index is -1.07. The van der Waals surface area contributed by atoms with Crippen molar-refractivity contribution in [3.63, 3.8) is 0 Å². The quantitative estimate of drug-likeness (QED) is 0.627. The number of hydrogen-bond donors (Lipinski definition) is 3. The van der Waals surface area contributed by atoms with E-state index in [1.807, 2.05) is 6.92 Å². The molecule has 1 rings (SSSR count). The summed E-state index contributed by atoms with van der Waals surface area (Å²) in [5, 5.41) is 11.9. The fourth-order valence-electron chi connectivity index (χ4n) is 1.92. The van der Waals surface area contributed by atoms with Gasteiger partial charge in [-0.05, 0) is 13.3 Å². The Kier molecular flexibility index (Phi) is 5.10. The molecule has 1 heterocycles. The van der Waals surface area contributed by atoms with E-state index in [1.165, 1.54) is 0 Å². The number of aliphatic carboxylic acids is 1. The molecule has 4 N–H and O–H groups in total. The van der Waals surface area contributed by atoms with Crippen molar-refractivity contribution in [1.82, 2.24) is 5.32 Å². The summed E-state index contributed by atoms with van der Waals surface area (Å²) >= 11 is 0. The predicted molar refractivity (Wildman–Crippen MR) is 66.0 cm³/mol. The van der Waals surface area contributed by atoms with Crippen molar-refractivity contribution in [2.45, 2.75) is 45.2 Å².